The molecule has 0 unspecified atom stereocenters. The molecule has 1 aromatic rings. The summed E-state index contributed by atoms with van der Waals surface area (Å²) < 4.78 is 0.767. The van der Waals surface area contributed by atoms with Gasteiger partial charge < -0.3 is 10.6 Å². The number of likely N-dealkylation sites (N-methyl/N-ethyl adjacent to an activating group) is 1. The number of pyridine rings is 1. The molecule has 0 radical (unpaired) electrons. The molecule has 1 aromatic heterocycles. The molecule has 0 saturated heterocycles. The second kappa shape index (κ2) is 5.07. The lowest BCUT2D eigenvalue weighted by Gasteiger charge is -2.15. The third kappa shape index (κ3) is 3.08. The van der Waals surface area contributed by atoms with Crippen LogP contribution in [0.1, 0.15) is 5.56 Å². The Hall–Kier alpha value is -0.940. The van der Waals surface area contributed by atoms with Gasteiger partial charge in [-0.15, -0.1) is 0 Å². The zero-order valence-electron chi connectivity index (χ0n) is 7.90. The fraction of sp³-hybridized carbons (Fsp3) is 0.333. The van der Waals surface area contributed by atoms with Gasteiger partial charge in [0.05, 0.1) is 6.54 Å². The number of carbonyl (C=O) groups is 1. The predicted molar refractivity (Wildman–Crippen MR) is 57.5 cm³/mol. The summed E-state index contributed by atoms with van der Waals surface area (Å²) in [5.41, 5.74) is 6.27. The van der Waals surface area contributed by atoms with Gasteiger partial charge in [0.1, 0.15) is 4.60 Å². The minimum absolute atomic E-state index is 0.0444. The van der Waals surface area contributed by atoms with Crippen molar-refractivity contribution in [2.75, 3.05) is 13.6 Å². The number of carbonyl (C=O) groups excluding carboxylic acids is 1. The smallest absolute Gasteiger partial charge is 0.236 e. The van der Waals surface area contributed by atoms with Crippen LogP contribution in [0.2, 0.25) is 0 Å². The summed E-state index contributed by atoms with van der Waals surface area (Å²) in [7, 11) is 1.73. The first-order valence-electron chi connectivity index (χ1n) is 4.18. The Balaban J connectivity index is 2.64. The van der Waals surface area contributed by atoms with E-state index in [-0.39, 0.29) is 12.5 Å². The lowest BCUT2D eigenvalue weighted by Crippen LogP contribution is -2.32. The molecule has 0 spiro atoms. The Kier molecular flexibility index (Phi) is 4.03. The molecule has 1 heterocycles. The van der Waals surface area contributed by atoms with Crippen LogP contribution in [0.4, 0.5) is 0 Å². The summed E-state index contributed by atoms with van der Waals surface area (Å²) in [6.07, 6.45) is 1.69. The first-order chi connectivity index (χ1) is 6.63. The van der Waals surface area contributed by atoms with E-state index in [1.807, 2.05) is 12.1 Å². The highest BCUT2D eigenvalue weighted by Gasteiger charge is 2.06. The van der Waals surface area contributed by atoms with E-state index in [0.29, 0.717) is 6.54 Å². The highest BCUT2D eigenvalue weighted by atomic mass is 79.9. The molecule has 0 saturated carbocycles. The highest BCUT2D eigenvalue weighted by molar-refractivity contribution is 9.10. The fourth-order valence-corrected chi connectivity index (χ4v) is 1.47. The molecule has 0 aliphatic heterocycles. The van der Waals surface area contributed by atoms with Gasteiger partial charge in [-0.1, -0.05) is 0 Å². The molecule has 4 nitrogen and oxygen atoms in total. The van der Waals surface area contributed by atoms with Crippen LogP contribution in [0.5, 0.6) is 0 Å². The van der Waals surface area contributed by atoms with Crippen molar-refractivity contribution >= 4 is 21.8 Å². The van der Waals surface area contributed by atoms with Crippen molar-refractivity contribution in [1.29, 1.82) is 0 Å². The molecule has 0 aromatic carbocycles. The Morgan fingerprint density at radius 2 is 2.43 bits per heavy atom. The maximum atomic E-state index is 11.2. The average molecular weight is 258 g/mol. The van der Waals surface area contributed by atoms with E-state index in [9.17, 15) is 4.79 Å². The van der Waals surface area contributed by atoms with Crippen LogP contribution in [-0.4, -0.2) is 29.4 Å². The Morgan fingerprint density at radius 1 is 1.71 bits per heavy atom. The van der Waals surface area contributed by atoms with Crippen LogP contribution in [0.15, 0.2) is 22.9 Å². The van der Waals surface area contributed by atoms with Crippen molar-refractivity contribution in [2.45, 2.75) is 6.54 Å². The SMILES string of the molecule is CN(Cc1ccnc(Br)c1)C(=O)CN. The maximum absolute atomic E-state index is 11.2. The average Bonchev–Trinajstić information content (AvgIpc) is 2.16. The van der Waals surface area contributed by atoms with Crippen LogP contribution >= 0.6 is 15.9 Å². The number of amides is 1. The lowest BCUT2D eigenvalue weighted by atomic mass is 10.2. The standard InChI is InChI=1S/C9H12BrN3O/c1-13(9(14)5-11)6-7-2-3-12-8(10)4-7/h2-4H,5-6,11H2,1H3. The topological polar surface area (TPSA) is 59.2 Å². The van der Waals surface area contributed by atoms with E-state index in [1.54, 1.807) is 18.1 Å². The van der Waals surface area contributed by atoms with Crippen molar-refractivity contribution in [3.8, 4) is 0 Å². The van der Waals surface area contributed by atoms with Gasteiger partial charge >= 0.3 is 0 Å². The predicted octanol–water partition coefficient (Wildman–Crippen LogP) is 0.761. The second-order valence-corrected chi connectivity index (χ2v) is 3.75. The molecule has 0 atom stereocenters. The molecule has 0 aliphatic carbocycles. The van der Waals surface area contributed by atoms with Crippen molar-refractivity contribution in [3.63, 3.8) is 0 Å². The van der Waals surface area contributed by atoms with Crippen LogP contribution in [0.3, 0.4) is 0 Å². The fourth-order valence-electron chi connectivity index (χ4n) is 1.06. The number of nitrogens with zero attached hydrogens (tertiary/aromatic N) is 2. The minimum Gasteiger partial charge on any atom is -0.340 e. The molecule has 0 bridgehead atoms. The normalized spacial score (nSPS) is 9.93. The molecule has 1 rings (SSSR count). The summed E-state index contributed by atoms with van der Waals surface area (Å²) in [6, 6.07) is 3.74. The number of rotatable bonds is 3. The van der Waals surface area contributed by atoms with Crippen molar-refractivity contribution < 1.29 is 4.79 Å². The quantitative estimate of drug-likeness (QED) is 0.814. The molecule has 1 amide bonds. The summed E-state index contributed by atoms with van der Waals surface area (Å²) >= 11 is 3.27. The zero-order valence-corrected chi connectivity index (χ0v) is 9.49. The van der Waals surface area contributed by atoms with E-state index in [1.165, 1.54) is 0 Å². The lowest BCUT2D eigenvalue weighted by molar-refractivity contribution is -0.128. The van der Waals surface area contributed by atoms with Gasteiger partial charge in [0.15, 0.2) is 0 Å². The third-order valence-electron chi connectivity index (χ3n) is 1.81. The van der Waals surface area contributed by atoms with E-state index >= 15 is 0 Å². The minimum atomic E-state index is -0.0714. The number of halogens is 1. The van der Waals surface area contributed by atoms with Gasteiger partial charge in [-0.3, -0.25) is 4.79 Å². The largest absolute Gasteiger partial charge is 0.340 e. The van der Waals surface area contributed by atoms with Crippen molar-refractivity contribution in [2.24, 2.45) is 5.73 Å². The molecule has 14 heavy (non-hydrogen) atoms. The Bertz CT molecular complexity index is 330. The Morgan fingerprint density at radius 3 is 3.00 bits per heavy atom. The third-order valence-corrected chi connectivity index (χ3v) is 2.24. The van der Waals surface area contributed by atoms with E-state index in [4.69, 9.17) is 5.73 Å². The molecular formula is C9H12BrN3O. The summed E-state index contributed by atoms with van der Waals surface area (Å²) in [6.45, 7) is 0.597. The van der Waals surface area contributed by atoms with E-state index < -0.39 is 0 Å². The van der Waals surface area contributed by atoms with E-state index in [0.717, 1.165) is 10.2 Å². The van der Waals surface area contributed by atoms with Crippen LogP contribution in [0, 0.1) is 0 Å². The van der Waals surface area contributed by atoms with Gasteiger partial charge in [0.2, 0.25) is 5.91 Å². The van der Waals surface area contributed by atoms with Gasteiger partial charge in [-0.25, -0.2) is 4.98 Å². The number of hydrogen-bond donors (Lipinski definition) is 1. The number of nitrogens with two attached hydrogens (primary N) is 1. The van der Waals surface area contributed by atoms with Crippen LogP contribution in [-0.2, 0) is 11.3 Å². The van der Waals surface area contributed by atoms with Crippen LogP contribution < -0.4 is 5.73 Å². The number of aromatic nitrogens is 1. The summed E-state index contributed by atoms with van der Waals surface area (Å²) in [5, 5.41) is 0. The maximum Gasteiger partial charge on any atom is 0.236 e. The van der Waals surface area contributed by atoms with Gasteiger partial charge in [0, 0.05) is 19.8 Å². The summed E-state index contributed by atoms with van der Waals surface area (Å²) in [4.78, 5) is 16.8. The molecule has 76 valence electrons. The highest BCUT2D eigenvalue weighted by Crippen LogP contribution is 2.09. The first kappa shape index (κ1) is 11.1. The van der Waals surface area contributed by atoms with Crippen molar-refractivity contribution in [3.05, 3.63) is 28.5 Å². The number of hydrogen-bond acceptors (Lipinski definition) is 3. The second-order valence-electron chi connectivity index (χ2n) is 2.94. The van der Waals surface area contributed by atoms with Crippen LogP contribution in [0.25, 0.3) is 0 Å². The monoisotopic (exact) mass is 257 g/mol. The Labute approximate surface area is 91.2 Å². The molecule has 0 fully saturated rings. The molecule has 2 N–H and O–H groups in total. The molecule has 0 aliphatic rings. The zero-order chi connectivity index (χ0) is 10.6. The molecular weight excluding hydrogens is 246 g/mol. The van der Waals surface area contributed by atoms with Gasteiger partial charge in [0.25, 0.3) is 0 Å². The summed E-state index contributed by atoms with van der Waals surface area (Å²) in [5.74, 6) is -0.0714. The molecule has 5 heteroatoms. The van der Waals surface area contributed by atoms with Gasteiger partial charge in [-0.05, 0) is 33.6 Å². The first-order valence-corrected chi connectivity index (χ1v) is 4.97. The van der Waals surface area contributed by atoms with Crippen molar-refractivity contribution in [1.82, 2.24) is 9.88 Å². The van der Waals surface area contributed by atoms with Gasteiger partial charge in [-0.2, -0.15) is 0 Å². The van der Waals surface area contributed by atoms with E-state index in [2.05, 4.69) is 20.9 Å².